The largest absolute Gasteiger partial charge is 0.480 e. The fourth-order valence-corrected chi connectivity index (χ4v) is 3.46. The van der Waals surface area contributed by atoms with Crippen molar-refractivity contribution in [1.82, 2.24) is 4.31 Å². The minimum atomic E-state index is -4.41. The second kappa shape index (κ2) is 5.30. The van der Waals surface area contributed by atoms with Gasteiger partial charge in [0, 0.05) is 7.05 Å². The Labute approximate surface area is 124 Å². The molecule has 1 heterocycles. The molecule has 0 unspecified atom stereocenters. The van der Waals surface area contributed by atoms with Crippen molar-refractivity contribution in [3.63, 3.8) is 0 Å². The van der Waals surface area contributed by atoms with Crippen LogP contribution >= 0.6 is 0 Å². The van der Waals surface area contributed by atoms with Gasteiger partial charge < -0.3 is 14.9 Å². The normalized spacial score (nSPS) is 17.0. The number of aromatic carboxylic acids is 1. The molecular formula is C12H12FNO7S. The van der Waals surface area contributed by atoms with Crippen LogP contribution in [0.1, 0.15) is 10.4 Å². The molecule has 0 amide bonds. The van der Waals surface area contributed by atoms with E-state index < -0.39 is 43.8 Å². The van der Waals surface area contributed by atoms with Gasteiger partial charge in [0.05, 0.1) is 23.7 Å². The summed E-state index contributed by atoms with van der Waals surface area (Å²) < 4.78 is 43.7. The summed E-state index contributed by atoms with van der Waals surface area (Å²) in [5.74, 6) is -3.96. The average Bonchev–Trinajstić information content (AvgIpc) is 2.35. The molecular weight excluding hydrogens is 321 g/mol. The molecule has 0 bridgehead atoms. The maximum absolute atomic E-state index is 13.4. The van der Waals surface area contributed by atoms with Crippen molar-refractivity contribution in [2.75, 3.05) is 20.3 Å². The quantitative estimate of drug-likeness (QED) is 0.777. The molecule has 2 N–H and O–H groups in total. The molecule has 0 aliphatic carbocycles. The fourth-order valence-electron chi connectivity index (χ4n) is 1.96. The van der Waals surface area contributed by atoms with Gasteiger partial charge in [0.2, 0.25) is 10.0 Å². The number of carboxylic acid groups (broad SMARTS) is 2. The minimum Gasteiger partial charge on any atom is -0.480 e. The summed E-state index contributed by atoms with van der Waals surface area (Å²) in [6, 6.07) is 2.07. The van der Waals surface area contributed by atoms with Gasteiger partial charge in [-0.1, -0.05) is 0 Å². The molecule has 10 heteroatoms. The van der Waals surface area contributed by atoms with E-state index in [1.54, 1.807) is 0 Å². The number of nitrogens with zero attached hydrogens (tertiary/aromatic N) is 1. The highest BCUT2D eigenvalue weighted by atomic mass is 32.2. The molecule has 0 saturated carbocycles. The van der Waals surface area contributed by atoms with E-state index in [1.807, 2.05) is 0 Å². The van der Waals surface area contributed by atoms with Crippen molar-refractivity contribution in [2.24, 2.45) is 0 Å². The number of carboxylic acids is 2. The third-order valence-corrected chi connectivity index (χ3v) is 5.36. The highest BCUT2D eigenvalue weighted by molar-refractivity contribution is 7.89. The third kappa shape index (κ3) is 2.45. The molecule has 1 aliphatic heterocycles. The van der Waals surface area contributed by atoms with Crippen LogP contribution in [-0.2, 0) is 19.6 Å². The first-order valence-electron chi connectivity index (χ1n) is 5.95. The molecule has 0 spiro atoms. The summed E-state index contributed by atoms with van der Waals surface area (Å²) in [5, 5.41) is 18.1. The van der Waals surface area contributed by atoms with Crippen LogP contribution in [0.4, 0.5) is 4.39 Å². The van der Waals surface area contributed by atoms with Crippen LogP contribution in [0.2, 0.25) is 0 Å². The van der Waals surface area contributed by atoms with Crippen molar-refractivity contribution in [2.45, 2.75) is 10.4 Å². The number of aliphatic carboxylic acids is 1. The van der Waals surface area contributed by atoms with Crippen LogP contribution in [0.3, 0.4) is 0 Å². The van der Waals surface area contributed by atoms with Gasteiger partial charge in [0.15, 0.2) is 5.54 Å². The first-order valence-corrected chi connectivity index (χ1v) is 7.39. The molecule has 1 saturated heterocycles. The Morgan fingerprint density at radius 2 is 1.86 bits per heavy atom. The van der Waals surface area contributed by atoms with E-state index in [-0.39, 0.29) is 13.2 Å². The van der Waals surface area contributed by atoms with Crippen LogP contribution in [-0.4, -0.2) is 60.7 Å². The number of benzene rings is 1. The molecule has 0 radical (unpaired) electrons. The van der Waals surface area contributed by atoms with Gasteiger partial charge in [-0.25, -0.2) is 22.4 Å². The zero-order chi connectivity index (χ0) is 16.7. The summed E-state index contributed by atoms with van der Waals surface area (Å²) in [4.78, 5) is 21.6. The Morgan fingerprint density at radius 3 is 2.27 bits per heavy atom. The zero-order valence-corrected chi connectivity index (χ0v) is 12.1. The van der Waals surface area contributed by atoms with Crippen LogP contribution in [0.15, 0.2) is 23.1 Å². The molecule has 1 aromatic rings. The van der Waals surface area contributed by atoms with E-state index in [0.717, 1.165) is 13.1 Å². The molecule has 0 aromatic heterocycles. The van der Waals surface area contributed by atoms with Crippen molar-refractivity contribution in [1.29, 1.82) is 0 Å². The van der Waals surface area contributed by atoms with Gasteiger partial charge >= 0.3 is 11.9 Å². The van der Waals surface area contributed by atoms with E-state index in [4.69, 9.17) is 9.84 Å². The zero-order valence-electron chi connectivity index (χ0n) is 11.3. The molecule has 1 aromatic carbocycles. The topological polar surface area (TPSA) is 121 Å². The second-order valence-electron chi connectivity index (χ2n) is 4.78. The van der Waals surface area contributed by atoms with Gasteiger partial charge in [0.1, 0.15) is 5.82 Å². The summed E-state index contributed by atoms with van der Waals surface area (Å²) in [5.41, 5.74) is -2.34. The summed E-state index contributed by atoms with van der Waals surface area (Å²) >= 11 is 0. The van der Waals surface area contributed by atoms with E-state index in [2.05, 4.69) is 0 Å². The van der Waals surface area contributed by atoms with E-state index in [1.165, 1.54) is 0 Å². The lowest BCUT2D eigenvalue weighted by molar-refractivity contribution is -0.175. The highest BCUT2D eigenvalue weighted by Gasteiger charge is 2.54. The van der Waals surface area contributed by atoms with Crippen molar-refractivity contribution >= 4 is 22.0 Å². The summed E-state index contributed by atoms with van der Waals surface area (Å²) in [6.07, 6.45) is 0. The molecule has 1 fully saturated rings. The van der Waals surface area contributed by atoms with Crippen molar-refractivity contribution < 1.29 is 37.3 Å². The van der Waals surface area contributed by atoms with Gasteiger partial charge in [-0.15, -0.1) is 0 Å². The van der Waals surface area contributed by atoms with Gasteiger partial charge in [-0.05, 0) is 18.2 Å². The number of carbonyl (C=O) groups is 2. The predicted octanol–water partition coefficient (Wildman–Crippen LogP) is -0.00200. The SMILES string of the molecule is CN(C1(C(=O)O)COC1)S(=O)(=O)c1cc(F)cc(C(=O)O)c1. The average molecular weight is 333 g/mol. The molecule has 22 heavy (non-hydrogen) atoms. The lowest BCUT2D eigenvalue weighted by Crippen LogP contribution is -2.67. The van der Waals surface area contributed by atoms with Crippen LogP contribution in [0.5, 0.6) is 0 Å². The maximum atomic E-state index is 13.4. The smallest absolute Gasteiger partial charge is 0.335 e. The molecule has 1 aliphatic rings. The Hall–Kier alpha value is -2.04. The van der Waals surface area contributed by atoms with Crippen LogP contribution in [0.25, 0.3) is 0 Å². The second-order valence-corrected chi connectivity index (χ2v) is 6.75. The first-order chi connectivity index (χ1) is 10.1. The van der Waals surface area contributed by atoms with Crippen LogP contribution < -0.4 is 0 Å². The minimum absolute atomic E-state index is 0.348. The van der Waals surface area contributed by atoms with Gasteiger partial charge in [0.25, 0.3) is 0 Å². The van der Waals surface area contributed by atoms with E-state index in [0.29, 0.717) is 16.4 Å². The third-order valence-electron chi connectivity index (χ3n) is 3.46. The number of sulfonamides is 1. The molecule has 120 valence electrons. The number of likely N-dealkylation sites (N-methyl/N-ethyl adjacent to an activating group) is 1. The maximum Gasteiger partial charge on any atom is 0.335 e. The number of hydrogen-bond acceptors (Lipinski definition) is 5. The number of ether oxygens (including phenoxy) is 1. The van der Waals surface area contributed by atoms with Crippen molar-refractivity contribution in [3.05, 3.63) is 29.6 Å². The Kier molecular flexibility index (Phi) is 3.94. The van der Waals surface area contributed by atoms with Crippen LogP contribution in [0, 0.1) is 5.82 Å². The lowest BCUT2D eigenvalue weighted by atomic mass is 9.98. The van der Waals surface area contributed by atoms with Gasteiger partial charge in [-0.2, -0.15) is 4.31 Å². The summed E-state index contributed by atoms with van der Waals surface area (Å²) in [6.45, 7) is -0.696. The van der Waals surface area contributed by atoms with E-state index >= 15 is 0 Å². The van der Waals surface area contributed by atoms with Gasteiger partial charge in [-0.3, -0.25) is 0 Å². The molecule has 8 nitrogen and oxygen atoms in total. The van der Waals surface area contributed by atoms with E-state index in [9.17, 15) is 27.5 Å². The summed E-state index contributed by atoms with van der Waals surface area (Å²) in [7, 11) is -3.39. The predicted molar refractivity (Wildman–Crippen MR) is 69.5 cm³/mol. The molecule has 2 rings (SSSR count). The Morgan fingerprint density at radius 1 is 1.27 bits per heavy atom. The standard InChI is InChI=1S/C12H12FNO7S/c1-14(12(11(17)18)5-21-6-12)22(19,20)9-3-7(10(15)16)2-8(13)4-9/h2-4H,5-6H2,1H3,(H,15,16)(H,17,18). The highest BCUT2D eigenvalue weighted by Crippen LogP contribution is 2.30. The fraction of sp³-hybridized carbons (Fsp3) is 0.333. The number of rotatable bonds is 5. The monoisotopic (exact) mass is 333 g/mol. The Balaban J connectivity index is 2.51. The lowest BCUT2D eigenvalue weighted by Gasteiger charge is -2.43. The Bertz CT molecular complexity index is 742. The molecule has 0 atom stereocenters. The number of halogens is 1. The number of hydrogen-bond donors (Lipinski definition) is 2. The van der Waals surface area contributed by atoms with Crippen molar-refractivity contribution in [3.8, 4) is 0 Å². The first kappa shape index (κ1) is 16.3.